The predicted octanol–water partition coefficient (Wildman–Crippen LogP) is 0.975. The molecule has 1 rings (SSSR count). The third-order valence-corrected chi connectivity index (χ3v) is 2.69. The second-order valence-corrected chi connectivity index (χ2v) is 4.95. The summed E-state index contributed by atoms with van der Waals surface area (Å²) in [5.41, 5.74) is 5.96. The molecule has 1 aromatic rings. The van der Waals surface area contributed by atoms with Gasteiger partial charge in [0.05, 0.1) is 12.3 Å². The number of carbonyl (C=O) groups excluding carboxylic acids is 2. The lowest BCUT2D eigenvalue weighted by atomic mass is 10.2. The van der Waals surface area contributed by atoms with Crippen LogP contribution in [0.1, 0.15) is 44.2 Å². The third-order valence-electron chi connectivity index (χ3n) is 2.69. The molecule has 0 aliphatic heterocycles. The zero-order valence-electron chi connectivity index (χ0n) is 12.3. The van der Waals surface area contributed by atoms with Gasteiger partial charge in [-0.1, -0.05) is 13.8 Å². The molecule has 0 aliphatic rings. The van der Waals surface area contributed by atoms with Gasteiger partial charge in [0.15, 0.2) is 5.69 Å². The number of aromatic nitrogens is 2. The smallest absolute Gasteiger partial charge is 0.361 e. The fraction of sp³-hybridized carbons (Fsp3) is 0.615. The standard InChI is InChI=1S/C13H22N4O3/c1-5-20-13(19)11-10(14)7-17(16-11)9(4)12(18)15-6-8(2)3/h7-9H,5-6,14H2,1-4H3,(H,15,18). The number of nitrogen functional groups attached to an aromatic ring is 1. The maximum Gasteiger partial charge on any atom is 0.361 e. The van der Waals surface area contributed by atoms with E-state index in [-0.39, 0.29) is 23.9 Å². The van der Waals surface area contributed by atoms with Gasteiger partial charge in [-0.3, -0.25) is 9.48 Å². The highest BCUT2D eigenvalue weighted by molar-refractivity contribution is 5.92. The molecule has 0 radical (unpaired) electrons. The van der Waals surface area contributed by atoms with Crippen LogP contribution in [0.15, 0.2) is 6.20 Å². The number of rotatable bonds is 6. The lowest BCUT2D eigenvalue weighted by molar-refractivity contribution is -0.124. The average Bonchev–Trinajstić information content (AvgIpc) is 2.77. The Kier molecular flexibility index (Phi) is 5.54. The third kappa shape index (κ3) is 3.97. The van der Waals surface area contributed by atoms with Crippen molar-refractivity contribution in [3.8, 4) is 0 Å². The van der Waals surface area contributed by atoms with Crippen molar-refractivity contribution < 1.29 is 14.3 Å². The van der Waals surface area contributed by atoms with Crippen LogP contribution in [0.3, 0.4) is 0 Å². The van der Waals surface area contributed by atoms with Gasteiger partial charge in [0, 0.05) is 12.7 Å². The molecule has 0 bridgehead atoms. The summed E-state index contributed by atoms with van der Waals surface area (Å²) in [5.74, 6) is -0.390. The van der Waals surface area contributed by atoms with Crippen LogP contribution in [-0.4, -0.2) is 34.8 Å². The number of carbonyl (C=O) groups is 2. The summed E-state index contributed by atoms with van der Waals surface area (Å²) in [4.78, 5) is 23.5. The van der Waals surface area contributed by atoms with Crippen LogP contribution in [0.5, 0.6) is 0 Å². The van der Waals surface area contributed by atoms with Gasteiger partial charge in [0.1, 0.15) is 6.04 Å². The SMILES string of the molecule is CCOC(=O)c1nn(C(C)C(=O)NCC(C)C)cc1N. The normalized spacial score (nSPS) is 12.2. The van der Waals surface area contributed by atoms with Gasteiger partial charge >= 0.3 is 5.97 Å². The molecule has 7 heteroatoms. The Morgan fingerprint density at radius 3 is 2.65 bits per heavy atom. The second kappa shape index (κ2) is 6.93. The summed E-state index contributed by atoms with van der Waals surface area (Å²) >= 11 is 0. The minimum Gasteiger partial charge on any atom is -0.461 e. The topological polar surface area (TPSA) is 99.2 Å². The van der Waals surface area contributed by atoms with Gasteiger partial charge in [0.25, 0.3) is 0 Å². The Morgan fingerprint density at radius 2 is 2.10 bits per heavy atom. The summed E-state index contributed by atoms with van der Waals surface area (Å²) in [6, 6.07) is -0.542. The Hall–Kier alpha value is -2.05. The summed E-state index contributed by atoms with van der Waals surface area (Å²) in [7, 11) is 0. The number of amides is 1. The van der Waals surface area contributed by atoms with E-state index in [1.807, 2.05) is 13.8 Å². The quantitative estimate of drug-likeness (QED) is 0.757. The number of ether oxygens (including phenoxy) is 1. The van der Waals surface area contributed by atoms with Crippen LogP contribution >= 0.6 is 0 Å². The first-order valence-corrected chi connectivity index (χ1v) is 6.66. The summed E-state index contributed by atoms with van der Waals surface area (Å²) in [6.45, 7) is 8.25. The molecular formula is C13H22N4O3. The molecule has 3 N–H and O–H groups in total. The first-order valence-electron chi connectivity index (χ1n) is 6.66. The highest BCUT2D eigenvalue weighted by Crippen LogP contribution is 2.15. The van der Waals surface area contributed by atoms with Crippen molar-refractivity contribution in [2.75, 3.05) is 18.9 Å². The molecule has 0 saturated carbocycles. The van der Waals surface area contributed by atoms with Crippen molar-refractivity contribution in [1.29, 1.82) is 0 Å². The van der Waals surface area contributed by atoms with E-state index in [0.717, 1.165) is 0 Å². The van der Waals surface area contributed by atoms with Crippen molar-refractivity contribution >= 4 is 17.6 Å². The van der Waals surface area contributed by atoms with Crippen LogP contribution in [0.2, 0.25) is 0 Å². The van der Waals surface area contributed by atoms with E-state index in [0.29, 0.717) is 12.5 Å². The van der Waals surface area contributed by atoms with Crippen molar-refractivity contribution in [2.24, 2.45) is 5.92 Å². The number of nitrogens with one attached hydrogen (secondary N) is 1. The van der Waals surface area contributed by atoms with E-state index in [1.165, 1.54) is 10.9 Å². The van der Waals surface area contributed by atoms with Crippen molar-refractivity contribution in [2.45, 2.75) is 33.7 Å². The fourth-order valence-electron chi connectivity index (χ4n) is 1.53. The maximum absolute atomic E-state index is 11.9. The molecule has 0 fully saturated rings. The molecule has 1 atom stereocenters. The predicted molar refractivity (Wildman–Crippen MR) is 75.2 cm³/mol. The van der Waals surface area contributed by atoms with Crippen LogP contribution in [0.25, 0.3) is 0 Å². The van der Waals surface area contributed by atoms with E-state index < -0.39 is 12.0 Å². The van der Waals surface area contributed by atoms with Gasteiger partial charge < -0.3 is 15.8 Å². The molecule has 1 heterocycles. The molecule has 0 saturated heterocycles. The fourth-order valence-corrected chi connectivity index (χ4v) is 1.53. The monoisotopic (exact) mass is 282 g/mol. The molecule has 7 nitrogen and oxygen atoms in total. The van der Waals surface area contributed by atoms with Crippen LogP contribution < -0.4 is 11.1 Å². The Labute approximate surface area is 118 Å². The van der Waals surface area contributed by atoms with Crippen molar-refractivity contribution in [1.82, 2.24) is 15.1 Å². The number of nitrogens with zero attached hydrogens (tertiary/aromatic N) is 2. The first kappa shape index (κ1) is 16.0. The van der Waals surface area contributed by atoms with Crippen molar-refractivity contribution in [3.63, 3.8) is 0 Å². The maximum atomic E-state index is 11.9. The van der Waals surface area contributed by atoms with Crippen LogP contribution in [0, 0.1) is 5.92 Å². The van der Waals surface area contributed by atoms with Crippen molar-refractivity contribution in [3.05, 3.63) is 11.9 Å². The zero-order chi connectivity index (χ0) is 15.3. The molecule has 20 heavy (non-hydrogen) atoms. The molecule has 0 aliphatic carbocycles. The molecule has 112 valence electrons. The number of anilines is 1. The van der Waals surface area contributed by atoms with E-state index in [4.69, 9.17) is 10.5 Å². The number of hydrogen-bond donors (Lipinski definition) is 2. The first-order chi connectivity index (χ1) is 9.36. The zero-order valence-corrected chi connectivity index (χ0v) is 12.3. The minimum absolute atomic E-state index is 0.0374. The molecule has 1 aromatic heterocycles. The minimum atomic E-state index is -0.585. The van der Waals surface area contributed by atoms with E-state index in [1.54, 1.807) is 13.8 Å². The summed E-state index contributed by atoms with van der Waals surface area (Å²) < 4.78 is 6.22. The van der Waals surface area contributed by atoms with E-state index in [2.05, 4.69) is 10.4 Å². The number of esters is 1. The van der Waals surface area contributed by atoms with E-state index in [9.17, 15) is 9.59 Å². The molecular weight excluding hydrogens is 260 g/mol. The van der Waals surface area contributed by atoms with Gasteiger partial charge in [-0.25, -0.2) is 4.79 Å². The largest absolute Gasteiger partial charge is 0.461 e. The lowest BCUT2D eigenvalue weighted by Crippen LogP contribution is -2.33. The van der Waals surface area contributed by atoms with Gasteiger partial charge in [0.2, 0.25) is 5.91 Å². The second-order valence-electron chi connectivity index (χ2n) is 4.95. The summed E-state index contributed by atoms with van der Waals surface area (Å²) in [6.07, 6.45) is 1.46. The highest BCUT2D eigenvalue weighted by Gasteiger charge is 2.21. The molecule has 0 aromatic carbocycles. The Morgan fingerprint density at radius 1 is 1.45 bits per heavy atom. The van der Waals surface area contributed by atoms with Gasteiger partial charge in [-0.05, 0) is 19.8 Å². The Balaban J connectivity index is 2.79. The lowest BCUT2D eigenvalue weighted by Gasteiger charge is -2.13. The van der Waals surface area contributed by atoms with Gasteiger partial charge in [-0.2, -0.15) is 5.10 Å². The van der Waals surface area contributed by atoms with Crippen LogP contribution in [0.4, 0.5) is 5.69 Å². The number of nitrogens with two attached hydrogens (primary N) is 1. The molecule has 0 spiro atoms. The molecule has 1 amide bonds. The molecule has 1 unspecified atom stereocenters. The van der Waals surface area contributed by atoms with E-state index >= 15 is 0 Å². The average molecular weight is 282 g/mol. The van der Waals surface area contributed by atoms with Gasteiger partial charge in [-0.15, -0.1) is 0 Å². The Bertz CT molecular complexity index is 482. The van der Waals surface area contributed by atoms with Crippen LogP contribution in [-0.2, 0) is 9.53 Å². The summed E-state index contributed by atoms with van der Waals surface area (Å²) in [5, 5.41) is 6.84. The highest BCUT2D eigenvalue weighted by atomic mass is 16.5. The number of hydrogen-bond acceptors (Lipinski definition) is 5.